The summed E-state index contributed by atoms with van der Waals surface area (Å²) in [5.41, 5.74) is 7.91. The van der Waals surface area contributed by atoms with Gasteiger partial charge >= 0.3 is 0 Å². The maximum absolute atomic E-state index is 14.6. The Labute approximate surface area is 248 Å². The fraction of sp³-hybridized carbons (Fsp3) is 0.250. The number of halogens is 1. The molecule has 7 rings (SSSR count). The highest BCUT2D eigenvalue weighted by atomic mass is 32.2. The Bertz CT molecular complexity index is 2080. The van der Waals surface area contributed by atoms with Crippen LogP contribution in [0.15, 0.2) is 67.3 Å². The van der Waals surface area contributed by atoms with Gasteiger partial charge in [0.2, 0.25) is 0 Å². The lowest BCUT2D eigenvalue weighted by Crippen LogP contribution is -2.18. The van der Waals surface area contributed by atoms with Crippen LogP contribution in [0.4, 0.5) is 4.39 Å². The second-order valence-corrected chi connectivity index (χ2v) is 13.6. The number of H-pyrrole nitrogens is 2. The van der Waals surface area contributed by atoms with Gasteiger partial charge in [-0.3, -0.25) is 20.0 Å². The summed E-state index contributed by atoms with van der Waals surface area (Å²) in [7, 11) is -3.18. The molecule has 0 bridgehead atoms. The number of rotatable bonds is 8. The number of aryl methyl sites for hydroxylation is 1. The fourth-order valence-electron chi connectivity index (χ4n) is 5.85. The summed E-state index contributed by atoms with van der Waals surface area (Å²) in [5, 5.41) is 9.24. The van der Waals surface area contributed by atoms with Crippen LogP contribution in [0.3, 0.4) is 0 Å². The molecule has 1 aromatic carbocycles. The number of likely N-dealkylation sites (tertiary alicyclic amines) is 1. The summed E-state index contributed by atoms with van der Waals surface area (Å²) in [6.07, 6.45) is 11.2. The number of sulfone groups is 1. The second-order valence-electron chi connectivity index (χ2n) is 11.3. The predicted octanol–water partition coefficient (Wildman–Crippen LogP) is 5.55. The van der Waals surface area contributed by atoms with Crippen molar-refractivity contribution in [3.05, 3.63) is 84.2 Å². The van der Waals surface area contributed by atoms with E-state index in [9.17, 15) is 12.8 Å². The van der Waals surface area contributed by atoms with Crippen LogP contribution >= 0.6 is 0 Å². The van der Waals surface area contributed by atoms with Gasteiger partial charge in [-0.1, -0.05) is 0 Å². The number of pyridine rings is 3. The van der Waals surface area contributed by atoms with E-state index in [1.54, 1.807) is 12.3 Å². The molecule has 43 heavy (non-hydrogen) atoms. The van der Waals surface area contributed by atoms with E-state index in [0.717, 1.165) is 58.4 Å². The Morgan fingerprint density at radius 1 is 0.907 bits per heavy atom. The van der Waals surface area contributed by atoms with Crippen LogP contribution in [0.5, 0.6) is 0 Å². The van der Waals surface area contributed by atoms with Gasteiger partial charge in [0.05, 0.1) is 22.8 Å². The van der Waals surface area contributed by atoms with Crippen molar-refractivity contribution in [1.29, 1.82) is 0 Å². The summed E-state index contributed by atoms with van der Waals surface area (Å²) in [4.78, 5) is 19.6. The van der Waals surface area contributed by atoms with Gasteiger partial charge in [-0.05, 0) is 85.9 Å². The van der Waals surface area contributed by atoms with Crippen molar-refractivity contribution >= 4 is 31.8 Å². The molecule has 0 saturated carbocycles. The molecule has 1 saturated heterocycles. The Morgan fingerprint density at radius 3 is 2.56 bits per heavy atom. The van der Waals surface area contributed by atoms with Crippen molar-refractivity contribution in [2.75, 3.05) is 25.1 Å². The van der Waals surface area contributed by atoms with Gasteiger partial charge in [-0.25, -0.2) is 17.8 Å². The molecule has 0 spiro atoms. The molecule has 0 atom stereocenters. The lowest BCUT2D eigenvalue weighted by Gasteiger charge is -2.14. The molecule has 6 aromatic rings. The molecule has 2 N–H and O–H groups in total. The van der Waals surface area contributed by atoms with E-state index in [2.05, 4.69) is 47.2 Å². The third-order valence-electron chi connectivity index (χ3n) is 7.95. The average Bonchev–Trinajstić information content (AvgIpc) is 3.75. The summed E-state index contributed by atoms with van der Waals surface area (Å²) in [5.74, 6) is -0.489. The zero-order valence-corrected chi connectivity index (χ0v) is 24.5. The minimum atomic E-state index is -3.18. The lowest BCUT2D eigenvalue weighted by atomic mass is 10.0. The molecule has 0 aliphatic carbocycles. The molecule has 0 unspecified atom stereocenters. The zero-order valence-electron chi connectivity index (χ0n) is 23.6. The van der Waals surface area contributed by atoms with Gasteiger partial charge in [0, 0.05) is 70.6 Å². The van der Waals surface area contributed by atoms with Crippen LogP contribution in [0.2, 0.25) is 0 Å². The van der Waals surface area contributed by atoms with Crippen molar-refractivity contribution in [1.82, 2.24) is 35.0 Å². The fourth-order valence-corrected chi connectivity index (χ4v) is 6.45. The number of aromatic nitrogens is 6. The molecule has 0 amide bonds. The smallest absolute Gasteiger partial charge is 0.181 e. The number of nitrogens with one attached hydrogen (secondary N) is 2. The highest BCUT2D eigenvalue weighted by Gasteiger charge is 2.17. The number of aromatic amines is 2. The third kappa shape index (κ3) is 5.78. The Kier molecular flexibility index (Phi) is 6.98. The predicted molar refractivity (Wildman–Crippen MR) is 166 cm³/mol. The van der Waals surface area contributed by atoms with Crippen molar-refractivity contribution < 1.29 is 12.8 Å². The number of nitrogens with zero attached hydrogens (tertiary/aromatic N) is 5. The van der Waals surface area contributed by atoms with Crippen LogP contribution in [0, 0.1) is 5.82 Å². The third-order valence-corrected chi connectivity index (χ3v) is 8.90. The summed E-state index contributed by atoms with van der Waals surface area (Å²) < 4.78 is 38.0. The zero-order chi connectivity index (χ0) is 29.6. The first kappa shape index (κ1) is 27.4. The quantitative estimate of drug-likeness (QED) is 0.237. The van der Waals surface area contributed by atoms with E-state index in [0.29, 0.717) is 22.5 Å². The van der Waals surface area contributed by atoms with Crippen LogP contribution in [-0.2, 0) is 22.8 Å². The van der Waals surface area contributed by atoms with Gasteiger partial charge in [0.15, 0.2) is 5.65 Å². The van der Waals surface area contributed by atoms with E-state index in [1.807, 2.05) is 30.7 Å². The normalized spacial score (nSPS) is 14.3. The standard InChI is InChI=1S/C32H30FN7O2S/c1-43(41,42)9-5-20-10-22(13-25(33)12-20)30-26-15-29(37-28(26)4-6-35-30)31-27-14-24(18-36-32(27)39-38-31)23-11-21(16-34-17-23)19-40-7-2-3-8-40/h4,6,10-18,37H,2-3,5,7-9,19H2,1H3,(H,36,38,39). The molecule has 1 aliphatic rings. The monoisotopic (exact) mass is 595 g/mol. The van der Waals surface area contributed by atoms with Crippen LogP contribution < -0.4 is 0 Å². The SMILES string of the molecule is CS(=O)(=O)CCc1cc(F)cc(-c2nccc3[nH]c(-c4[nH]nc5ncc(-c6cncc(CN7CCCC7)c6)cc45)cc23)c1. The molecule has 5 aromatic heterocycles. The molecule has 0 radical (unpaired) electrons. The largest absolute Gasteiger partial charge is 0.353 e. The Balaban J connectivity index is 1.24. The van der Waals surface area contributed by atoms with E-state index in [4.69, 9.17) is 0 Å². The Morgan fingerprint density at radius 2 is 1.72 bits per heavy atom. The van der Waals surface area contributed by atoms with E-state index < -0.39 is 15.7 Å². The highest BCUT2D eigenvalue weighted by molar-refractivity contribution is 7.90. The van der Waals surface area contributed by atoms with E-state index in [-0.39, 0.29) is 12.2 Å². The first-order valence-corrected chi connectivity index (χ1v) is 16.3. The summed E-state index contributed by atoms with van der Waals surface area (Å²) in [6, 6.07) is 12.7. The average molecular weight is 596 g/mol. The molecule has 6 heterocycles. The first-order valence-electron chi connectivity index (χ1n) is 14.3. The Hall–Kier alpha value is -4.48. The van der Waals surface area contributed by atoms with Crippen LogP contribution in [-0.4, -0.2) is 68.5 Å². The van der Waals surface area contributed by atoms with Gasteiger partial charge in [-0.15, -0.1) is 0 Å². The van der Waals surface area contributed by atoms with E-state index >= 15 is 0 Å². The number of benzene rings is 1. The first-order chi connectivity index (χ1) is 20.8. The second kappa shape index (κ2) is 11.0. The molecule has 218 valence electrons. The highest BCUT2D eigenvalue weighted by Crippen LogP contribution is 2.34. The van der Waals surface area contributed by atoms with Crippen molar-refractivity contribution in [3.8, 4) is 33.8 Å². The number of hydrogen-bond donors (Lipinski definition) is 2. The number of hydrogen-bond acceptors (Lipinski definition) is 7. The van der Waals surface area contributed by atoms with Gasteiger partial charge in [0.25, 0.3) is 0 Å². The molecule has 9 nitrogen and oxygen atoms in total. The van der Waals surface area contributed by atoms with Gasteiger partial charge in [0.1, 0.15) is 15.7 Å². The van der Waals surface area contributed by atoms with Crippen molar-refractivity contribution in [2.24, 2.45) is 0 Å². The molecule has 1 aliphatic heterocycles. The van der Waals surface area contributed by atoms with E-state index in [1.165, 1.54) is 36.8 Å². The molecule has 1 fully saturated rings. The minimum absolute atomic E-state index is 0.0520. The summed E-state index contributed by atoms with van der Waals surface area (Å²) >= 11 is 0. The lowest BCUT2D eigenvalue weighted by molar-refractivity contribution is 0.331. The van der Waals surface area contributed by atoms with Crippen LogP contribution in [0.1, 0.15) is 24.0 Å². The van der Waals surface area contributed by atoms with Gasteiger partial charge < -0.3 is 4.98 Å². The molecular weight excluding hydrogens is 565 g/mol. The maximum atomic E-state index is 14.6. The number of fused-ring (bicyclic) bond motifs is 2. The summed E-state index contributed by atoms with van der Waals surface area (Å²) in [6.45, 7) is 3.15. The van der Waals surface area contributed by atoms with Crippen molar-refractivity contribution in [3.63, 3.8) is 0 Å². The van der Waals surface area contributed by atoms with Crippen LogP contribution in [0.25, 0.3) is 55.7 Å². The topological polar surface area (TPSA) is 121 Å². The minimum Gasteiger partial charge on any atom is -0.353 e. The van der Waals surface area contributed by atoms with Gasteiger partial charge in [-0.2, -0.15) is 5.10 Å². The molecular formula is C32H30FN7O2S. The maximum Gasteiger partial charge on any atom is 0.181 e. The molecule has 11 heteroatoms. The van der Waals surface area contributed by atoms with Crippen molar-refractivity contribution in [2.45, 2.75) is 25.8 Å².